The summed E-state index contributed by atoms with van der Waals surface area (Å²) in [5, 5.41) is 5.30. The number of piperidine rings is 1. The minimum Gasteiger partial charge on any atom is -0.346 e. The van der Waals surface area contributed by atoms with Gasteiger partial charge >= 0.3 is 6.18 Å². The van der Waals surface area contributed by atoms with Gasteiger partial charge in [-0.15, -0.1) is 0 Å². The highest BCUT2D eigenvalue weighted by Gasteiger charge is 2.37. The summed E-state index contributed by atoms with van der Waals surface area (Å²) in [6.45, 7) is 3.25. The van der Waals surface area contributed by atoms with E-state index < -0.39 is 24.7 Å². The lowest BCUT2D eigenvalue weighted by Crippen LogP contribution is -2.50. The Hall–Kier alpha value is -0.820. The molecule has 0 aromatic carbocycles. The van der Waals surface area contributed by atoms with E-state index in [-0.39, 0.29) is 0 Å². The molecule has 1 atom stereocenters. The van der Waals surface area contributed by atoms with E-state index >= 15 is 0 Å². The van der Waals surface area contributed by atoms with Gasteiger partial charge in [0.15, 0.2) is 0 Å². The van der Waals surface area contributed by atoms with Gasteiger partial charge in [-0.3, -0.25) is 9.69 Å². The van der Waals surface area contributed by atoms with Crippen LogP contribution in [0.3, 0.4) is 0 Å². The van der Waals surface area contributed by atoms with Crippen molar-refractivity contribution >= 4 is 5.91 Å². The number of nitrogens with one attached hydrogen (secondary N) is 2. The number of carbonyl (C=O) groups is 1. The van der Waals surface area contributed by atoms with E-state index in [1.54, 1.807) is 6.92 Å². The number of alkyl halides is 3. The van der Waals surface area contributed by atoms with Gasteiger partial charge in [-0.25, -0.2) is 0 Å². The van der Waals surface area contributed by atoms with E-state index in [1.807, 2.05) is 5.32 Å². The highest BCUT2D eigenvalue weighted by Crippen LogP contribution is 2.30. The minimum atomic E-state index is -4.35. The van der Waals surface area contributed by atoms with Gasteiger partial charge in [0.05, 0.1) is 6.04 Å². The maximum Gasteiger partial charge on any atom is 0.405 e. The zero-order valence-electron chi connectivity index (χ0n) is 12.4. The minimum absolute atomic E-state index is 0.367. The van der Waals surface area contributed by atoms with Gasteiger partial charge < -0.3 is 10.6 Å². The maximum atomic E-state index is 12.2. The molecule has 1 heterocycles. The molecule has 4 nitrogen and oxygen atoms in total. The van der Waals surface area contributed by atoms with Crippen LogP contribution in [0.25, 0.3) is 0 Å². The summed E-state index contributed by atoms with van der Waals surface area (Å²) in [4.78, 5) is 14.0. The van der Waals surface area contributed by atoms with Gasteiger partial charge in [0.1, 0.15) is 6.54 Å². The first-order chi connectivity index (χ1) is 9.87. The van der Waals surface area contributed by atoms with Crippen molar-refractivity contribution in [2.75, 3.05) is 26.2 Å². The van der Waals surface area contributed by atoms with Gasteiger partial charge in [-0.05, 0) is 51.6 Å². The normalized spacial score (nSPS) is 22.3. The van der Waals surface area contributed by atoms with Crippen molar-refractivity contribution in [3.63, 3.8) is 0 Å². The van der Waals surface area contributed by atoms with Crippen LogP contribution >= 0.6 is 0 Å². The van der Waals surface area contributed by atoms with E-state index in [0.29, 0.717) is 12.0 Å². The van der Waals surface area contributed by atoms with Crippen molar-refractivity contribution in [2.45, 2.75) is 50.9 Å². The van der Waals surface area contributed by atoms with Crippen molar-refractivity contribution < 1.29 is 18.0 Å². The van der Waals surface area contributed by atoms with Crippen LogP contribution in [-0.2, 0) is 4.79 Å². The second kappa shape index (κ2) is 6.96. The zero-order chi connectivity index (χ0) is 15.5. The SMILES string of the molecule is CC(C(=O)NCC(F)(F)F)N(CC1CCNCC1)C1CC1. The molecule has 1 saturated heterocycles. The molecule has 1 aliphatic carbocycles. The summed E-state index contributed by atoms with van der Waals surface area (Å²) in [6.07, 6.45) is -0.126. The zero-order valence-corrected chi connectivity index (χ0v) is 12.4. The lowest BCUT2D eigenvalue weighted by molar-refractivity contribution is -0.141. The Kier molecular flexibility index (Phi) is 5.48. The molecule has 1 unspecified atom stereocenters. The van der Waals surface area contributed by atoms with E-state index in [2.05, 4.69) is 10.2 Å². The molecule has 2 fully saturated rings. The molecule has 122 valence electrons. The standard InChI is InChI=1S/C14H24F3N3O/c1-10(13(21)19-9-14(15,16)17)20(12-2-3-12)8-11-4-6-18-7-5-11/h10-12,18H,2-9H2,1H3,(H,19,21). The first-order valence-electron chi connectivity index (χ1n) is 7.68. The first kappa shape index (κ1) is 16.5. The third-order valence-electron chi connectivity index (χ3n) is 4.28. The number of hydrogen-bond donors (Lipinski definition) is 2. The molecule has 1 aliphatic heterocycles. The molecule has 0 aromatic heterocycles. The molecule has 2 aliphatic rings. The van der Waals surface area contributed by atoms with E-state index in [1.165, 1.54) is 0 Å². The Labute approximate surface area is 123 Å². The summed E-state index contributed by atoms with van der Waals surface area (Å²) >= 11 is 0. The van der Waals surface area contributed by atoms with Gasteiger partial charge in [0.2, 0.25) is 5.91 Å². The van der Waals surface area contributed by atoms with Crippen molar-refractivity contribution in [1.29, 1.82) is 0 Å². The number of nitrogens with zero attached hydrogens (tertiary/aromatic N) is 1. The van der Waals surface area contributed by atoms with Crippen molar-refractivity contribution in [1.82, 2.24) is 15.5 Å². The Morgan fingerprint density at radius 3 is 2.43 bits per heavy atom. The highest BCUT2D eigenvalue weighted by atomic mass is 19.4. The van der Waals surface area contributed by atoms with Crippen molar-refractivity contribution in [3.05, 3.63) is 0 Å². The Balaban J connectivity index is 1.86. The average molecular weight is 307 g/mol. The monoisotopic (exact) mass is 307 g/mol. The summed E-state index contributed by atoms with van der Waals surface area (Å²) in [7, 11) is 0. The van der Waals surface area contributed by atoms with Gasteiger partial charge in [-0.2, -0.15) is 13.2 Å². The van der Waals surface area contributed by atoms with Crippen LogP contribution in [0.1, 0.15) is 32.6 Å². The Bertz CT molecular complexity index is 352. The van der Waals surface area contributed by atoms with Gasteiger partial charge in [0, 0.05) is 12.6 Å². The molecule has 21 heavy (non-hydrogen) atoms. The third kappa shape index (κ3) is 5.47. The summed E-state index contributed by atoms with van der Waals surface area (Å²) in [5.74, 6) is 0.0119. The number of amides is 1. The van der Waals surface area contributed by atoms with Crippen molar-refractivity contribution in [2.24, 2.45) is 5.92 Å². The van der Waals surface area contributed by atoms with Crippen LogP contribution in [0, 0.1) is 5.92 Å². The molecule has 0 radical (unpaired) electrons. The molecule has 7 heteroatoms. The second-order valence-corrected chi connectivity index (χ2v) is 6.13. The summed E-state index contributed by atoms with van der Waals surface area (Å²) in [5.41, 5.74) is 0. The maximum absolute atomic E-state index is 12.2. The summed E-state index contributed by atoms with van der Waals surface area (Å²) in [6, 6.07) is -0.124. The van der Waals surface area contributed by atoms with Crippen LogP contribution in [0.2, 0.25) is 0 Å². The van der Waals surface area contributed by atoms with E-state index in [4.69, 9.17) is 0 Å². The number of carbonyl (C=O) groups excluding carboxylic acids is 1. The number of rotatable bonds is 6. The topological polar surface area (TPSA) is 44.4 Å². The van der Waals surface area contributed by atoms with Gasteiger partial charge in [0.25, 0.3) is 0 Å². The molecule has 0 aromatic rings. The first-order valence-corrected chi connectivity index (χ1v) is 7.68. The molecule has 0 bridgehead atoms. The van der Waals surface area contributed by atoms with Gasteiger partial charge in [-0.1, -0.05) is 0 Å². The molecule has 1 saturated carbocycles. The fraction of sp³-hybridized carbons (Fsp3) is 0.929. The fourth-order valence-electron chi connectivity index (χ4n) is 2.88. The molecular formula is C14H24F3N3O. The molecule has 2 rings (SSSR count). The van der Waals surface area contributed by atoms with Crippen LogP contribution < -0.4 is 10.6 Å². The van der Waals surface area contributed by atoms with E-state index in [0.717, 1.165) is 45.3 Å². The molecule has 2 N–H and O–H groups in total. The van der Waals surface area contributed by atoms with Crippen LogP contribution in [0.5, 0.6) is 0 Å². The quantitative estimate of drug-likeness (QED) is 0.782. The fourth-order valence-corrected chi connectivity index (χ4v) is 2.88. The lowest BCUT2D eigenvalue weighted by Gasteiger charge is -2.33. The molecular weight excluding hydrogens is 283 g/mol. The van der Waals surface area contributed by atoms with E-state index in [9.17, 15) is 18.0 Å². The smallest absolute Gasteiger partial charge is 0.346 e. The predicted molar refractivity (Wildman–Crippen MR) is 73.8 cm³/mol. The van der Waals surface area contributed by atoms with Crippen LogP contribution in [-0.4, -0.2) is 55.2 Å². The third-order valence-corrected chi connectivity index (χ3v) is 4.28. The van der Waals surface area contributed by atoms with Crippen LogP contribution in [0.4, 0.5) is 13.2 Å². The average Bonchev–Trinajstić information content (AvgIpc) is 3.26. The Morgan fingerprint density at radius 2 is 1.90 bits per heavy atom. The summed E-state index contributed by atoms with van der Waals surface area (Å²) < 4.78 is 36.6. The van der Waals surface area contributed by atoms with Crippen LogP contribution in [0.15, 0.2) is 0 Å². The van der Waals surface area contributed by atoms with Crippen molar-refractivity contribution in [3.8, 4) is 0 Å². The number of halogens is 3. The predicted octanol–water partition coefficient (Wildman–Crippen LogP) is 1.52. The number of hydrogen-bond acceptors (Lipinski definition) is 3. The molecule has 0 spiro atoms. The highest BCUT2D eigenvalue weighted by molar-refractivity contribution is 5.81. The second-order valence-electron chi connectivity index (χ2n) is 6.13. The lowest BCUT2D eigenvalue weighted by atomic mass is 9.97. The molecule has 1 amide bonds. The largest absolute Gasteiger partial charge is 0.405 e. The Morgan fingerprint density at radius 1 is 1.29 bits per heavy atom.